The van der Waals surface area contributed by atoms with E-state index in [1.165, 1.54) is 5.56 Å². The highest BCUT2D eigenvalue weighted by Crippen LogP contribution is 2.18. The minimum atomic E-state index is 0.291. The van der Waals surface area contributed by atoms with Crippen molar-refractivity contribution in [2.24, 2.45) is 0 Å². The molecule has 2 aromatic rings. The second kappa shape index (κ2) is 7.20. The molecule has 0 saturated heterocycles. The summed E-state index contributed by atoms with van der Waals surface area (Å²) >= 11 is 0. The van der Waals surface area contributed by atoms with Gasteiger partial charge in [-0.25, -0.2) is 4.98 Å². The summed E-state index contributed by atoms with van der Waals surface area (Å²) in [5.41, 5.74) is 2.34. The van der Waals surface area contributed by atoms with Gasteiger partial charge in [0.2, 0.25) is 0 Å². The predicted molar refractivity (Wildman–Crippen MR) is 81.6 cm³/mol. The SMILES string of the molecule is CCCn1ccnc1CC(NCC)c1ccnc(C)c1. The zero-order chi connectivity index (χ0) is 14.4. The third kappa shape index (κ3) is 3.67. The van der Waals surface area contributed by atoms with Crippen molar-refractivity contribution in [1.29, 1.82) is 0 Å². The Morgan fingerprint density at radius 2 is 2.10 bits per heavy atom. The maximum atomic E-state index is 4.51. The topological polar surface area (TPSA) is 42.7 Å². The van der Waals surface area contributed by atoms with E-state index in [4.69, 9.17) is 0 Å². The number of likely N-dealkylation sites (N-methyl/N-ethyl adjacent to an activating group) is 1. The van der Waals surface area contributed by atoms with Crippen molar-refractivity contribution in [2.45, 2.75) is 46.2 Å². The van der Waals surface area contributed by atoms with Gasteiger partial charge in [-0.15, -0.1) is 0 Å². The molecule has 0 spiro atoms. The molecule has 0 radical (unpaired) electrons. The number of hydrogen-bond acceptors (Lipinski definition) is 3. The van der Waals surface area contributed by atoms with Gasteiger partial charge < -0.3 is 9.88 Å². The van der Waals surface area contributed by atoms with Crippen LogP contribution in [0.1, 0.15) is 43.4 Å². The minimum absolute atomic E-state index is 0.291. The van der Waals surface area contributed by atoms with Crippen LogP contribution in [-0.4, -0.2) is 21.1 Å². The molecule has 1 atom stereocenters. The van der Waals surface area contributed by atoms with E-state index in [9.17, 15) is 0 Å². The van der Waals surface area contributed by atoms with Crippen LogP contribution in [0.15, 0.2) is 30.7 Å². The van der Waals surface area contributed by atoms with Gasteiger partial charge in [0.15, 0.2) is 0 Å². The Kier molecular flexibility index (Phi) is 5.30. The Labute approximate surface area is 121 Å². The zero-order valence-corrected chi connectivity index (χ0v) is 12.6. The fraction of sp³-hybridized carbons (Fsp3) is 0.500. The van der Waals surface area contributed by atoms with Gasteiger partial charge in [-0.2, -0.15) is 0 Å². The number of rotatable bonds is 7. The highest BCUT2D eigenvalue weighted by molar-refractivity contribution is 5.20. The molecule has 2 rings (SSSR count). The van der Waals surface area contributed by atoms with E-state index in [2.05, 4.69) is 52.0 Å². The second-order valence-corrected chi connectivity index (χ2v) is 5.08. The third-order valence-corrected chi connectivity index (χ3v) is 3.43. The third-order valence-electron chi connectivity index (χ3n) is 3.43. The maximum Gasteiger partial charge on any atom is 0.110 e. The number of nitrogens with zero attached hydrogens (tertiary/aromatic N) is 3. The molecule has 108 valence electrons. The second-order valence-electron chi connectivity index (χ2n) is 5.08. The molecule has 2 aromatic heterocycles. The molecule has 0 aliphatic carbocycles. The Bertz CT molecular complexity index is 533. The minimum Gasteiger partial charge on any atom is -0.335 e. The fourth-order valence-corrected chi connectivity index (χ4v) is 2.50. The number of aryl methyl sites for hydroxylation is 2. The lowest BCUT2D eigenvalue weighted by Gasteiger charge is -2.19. The van der Waals surface area contributed by atoms with Crippen molar-refractivity contribution >= 4 is 0 Å². The summed E-state index contributed by atoms with van der Waals surface area (Å²) in [5.74, 6) is 1.15. The van der Waals surface area contributed by atoms with Gasteiger partial charge >= 0.3 is 0 Å². The molecule has 0 bridgehead atoms. The van der Waals surface area contributed by atoms with Gasteiger partial charge in [0.05, 0.1) is 0 Å². The van der Waals surface area contributed by atoms with E-state index in [1.54, 1.807) is 0 Å². The lowest BCUT2D eigenvalue weighted by molar-refractivity contribution is 0.515. The number of imidazole rings is 1. The van der Waals surface area contributed by atoms with Crippen LogP contribution < -0.4 is 5.32 Å². The smallest absolute Gasteiger partial charge is 0.110 e. The van der Waals surface area contributed by atoms with Gasteiger partial charge in [0, 0.05) is 43.3 Å². The quantitative estimate of drug-likeness (QED) is 0.842. The molecular weight excluding hydrogens is 248 g/mol. The molecule has 1 unspecified atom stereocenters. The predicted octanol–water partition coefficient (Wildman–Crippen LogP) is 2.89. The average molecular weight is 272 g/mol. The first kappa shape index (κ1) is 14.7. The van der Waals surface area contributed by atoms with Crippen molar-refractivity contribution < 1.29 is 0 Å². The summed E-state index contributed by atoms with van der Waals surface area (Å²) < 4.78 is 2.25. The molecule has 0 amide bonds. The normalized spacial score (nSPS) is 12.6. The summed E-state index contributed by atoms with van der Waals surface area (Å²) in [6.45, 7) is 8.34. The molecule has 0 saturated carbocycles. The van der Waals surface area contributed by atoms with Gasteiger partial charge in [0.25, 0.3) is 0 Å². The molecule has 2 heterocycles. The van der Waals surface area contributed by atoms with Crippen LogP contribution in [0.2, 0.25) is 0 Å². The maximum absolute atomic E-state index is 4.51. The Balaban J connectivity index is 2.18. The molecule has 0 aliphatic heterocycles. The zero-order valence-electron chi connectivity index (χ0n) is 12.6. The first-order chi connectivity index (χ1) is 9.74. The van der Waals surface area contributed by atoms with Gasteiger partial charge in [0.1, 0.15) is 5.82 Å². The van der Waals surface area contributed by atoms with E-state index in [0.717, 1.165) is 37.4 Å². The monoisotopic (exact) mass is 272 g/mol. The lowest BCUT2D eigenvalue weighted by Crippen LogP contribution is -2.24. The molecule has 4 nitrogen and oxygen atoms in total. The number of pyridine rings is 1. The fourth-order valence-electron chi connectivity index (χ4n) is 2.50. The largest absolute Gasteiger partial charge is 0.335 e. The van der Waals surface area contributed by atoms with Crippen molar-refractivity contribution in [3.63, 3.8) is 0 Å². The Morgan fingerprint density at radius 3 is 2.80 bits per heavy atom. The molecule has 0 aromatic carbocycles. The highest BCUT2D eigenvalue weighted by Gasteiger charge is 2.14. The van der Waals surface area contributed by atoms with E-state index < -0.39 is 0 Å². The van der Waals surface area contributed by atoms with Crippen molar-refractivity contribution in [3.8, 4) is 0 Å². The summed E-state index contributed by atoms with van der Waals surface area (Å²) in [7, 11) is 0. The van der Waals surface area contributed by atoms with Crippen LogP contribution in [0.4, 0.5) is 0 Å². The summed E-state index contributed by atoms with van der Waals surface area (Å²) in [4.78, 5) is 8.79. The summed E-state index contributed by atoms with van der Waals surface area (Å²) in [5, 5.41) is 3.55. The Hall–Kier alpha value is -1.68. The van der Waals surface area contributed by atoms with Gasteiger partial charge in [-0.3, -0.25) is 4.98 Å². The van der Waals surface area contributed by atoms with Crippen LogP contribution in [0, 0.1) is 6.92 Å². The molecule has 0 aliphatic rings. The lowest BCUT2D eigenvalue weighted by atomic mass is 10.0. The van der Waals surface area contributed by atoms with Gasteiger partial charge in [-0.1, -0.05) is 13.8 Å². The van der Waals surface area contributed by atoms with Crippen LogP contribution in [0.5, 0.6) is 0 Å². The van der Waals surface area contributed by atoms with E-state index in [-0.39, 0.29) is 0 Å². The van der Waals surface area contributed by atoms with E-state index in [0.29, 0.717) is 6.04 Å². The standard InChI is InChI=1S/C16H24N4/c1-4-9-20-10-8-19-16(20)12-15(17-5-2)14-6-7-18-13(3)11-14/h6-8,10-11,15,17H,4-5,9,12H2,1-3H3. The Morgan fingerprint density at radius 1 is 1.25 bits per heavy atom. The summed E-state index contributed by atoms with van der Waals surface area (Å²) in [6, 6.07) is 4.54. The summed E-state index contributed by atoms with van der Waals surface area (Å²) in [6.07, 6.45) is 7.88. The van der Waals surface area contributed by atoms with Crippen LogP contribution in [-0.2, 0) is 13.0 Å². The van der Waals surface area contributed by atoms with Crippen LogP contribution in [0.3, 0.4) is 0 Å². The van der Waals surface area contributed by atoms with Crippen molar-refractivity contribution in [2.75, 3.05) is 6.54 Å². The van der Waals surface area contributed by atoms with Gasteiger partial charge in [-0.05, 0) is 37.6 Å². The molecule has 20 heavy (non-hydrogen) atoms. The molecule has 1 N–H and O–H groups in total. The molecular formula is C16H24N4. The molecule has 4 heteroatoms. The highest BCUT2D eigenvalue weighted by atomic mass is 15.1. The number of aromatic nitrogens is 3. The molecule has 0 fully saturated rings. The number of nitrogens with one attached hydrogen (secondary N) is 1. The van der Waals surface area contributed by atoms with Crippen LogP contribution >= 0.6 is 0 Å². The first-order valence-corrected chi connectivity index (χ1v) is 7.40. The first-order valence-electron chi connectivity index (χ1n) is 7.40. The van der Waals surface area contributed by atoms with Crippen LogP contribution in [0.25, 0.3) is 0 Å². The van der Waals surface area contributed by atoms with Crippen molar-refractivity contribution in [1.82, 2.24) is 19.9 Å². The number of hydrogen-bond donors (Lipinski definition) is 1. The van der Waals surface area contributed by atoms with E-state index in [1.807, 2.05) is 19.3 Å². The van der Waals surface area contributed by atoms with Crippen molar-refractivity contribution in [3.05, 3.63) is 47.8 Å². The average Bonchev–Trinajstić information content (AvgIpc) is 2.86. The van der Waals surface area contributed by atoms with E-state index >= 15 is 0 Å².